The number of aryl methyl sites for hydroxylation is 2. The van der Waals surface area contributed by atoms with E-state index in [0.717, 1.165) is 93.4 Å². The highest BCUT2D eigenvalue weighted by Crippen LogP contribution is 2.26. The zero-order chi connectivity index (χ0) is 25.5. The SMILES string of the molecule is CCCOc1ccc(CCc2nc3cc(/C(C(C)=N)=C(\C)O)ccc3n2CCN2CCOCC2)cc1. The third-order valence-corrected chi connectivity index (χ3v) is 6.63. The van der Waals surface area contributed by atoms with Gasteiger partial charge in [-0.2, -0.15) is 0 Å². The molecule has 36 heavy (non-hydrogen) atoms. The number of fused-ring (bicyclic) bond motifs is 1. The monoisotopic (exact) mass is 490 g/mol. The lowest BCUT2D eigenvalue weighted by Gasteiger charge is -2.27. The van der Waals surface area contributed by atoms with Crippen LogP contribution in [0.1, 0.15) is 44.1 Å². The lowest BCUT2D eigenvalue weighted by Crippen LogP contribution is -2.38. The van der Waals surface area contributed by atoms with Gasteiger partial charge in [-0.3, -0.25) is 4.90 Å². The van der Waals surface area contributed by atoms with Crippen molar-refractivity contribution in [3.05, 3.63) is 65.2 Å². The van der Waals surface area contributed by atoms with Crippen molar-refractivity contribution in [3.63, 3.8) is 0 Å². The third kappa shape index (κ3) is 6.33. The Kier molecular flexibility index (Phi) is 8.78. The van der Waals surface area contributed by atoms with Crippen molar-refractivity contribution in [2.75, 3.05) is 39.5 Å². The lowest BCUT2D eigenvalue weighted by molar-refractivity contribution is 0.0364. The second kappa shape index (κ2) is 12.2. The number of imidazole rings is 1. The third-order valence-electron chi connectivity index (χ3n) is 6.63. The molecule has 1 aromatic heterocycles. The summed E-state index contributed by atoms with van der Waals surface area (Å²) in [4.78, 5) is 7.47. The van der Waals surface area contributed by atoms with Gasteiger partial charge in [0.15, 0.2) is 0 Å². The molecule has 1 aliphatic rings. The summed E-state index contributed by atoms with van der Waals surface area (Å²) in [6.45, 7) is 11.5. The molecule has 192 valence electrons. The molecule has 2 N–H and O–H groups in total. The molecule has 1 aliphatic heterocycles. The molecular formula is C29H38N4O3. The minimum absolute atomic E-state index is 0.153. The maximum absolute atomic E-state index is 10.2. The number of aliphatic hydroxyl groups excluding tert-OH is 1. The number of rotatable bonds is 11. The minimum atomic E-state index is 0.153. The first kappa shape index (κ1) is 25.9. The van der Waals surface area contributed by atoms with Gasteiger partial charge in [-0.15, -0.1) is 0 Å². The van der Waals surface area contributed by atoms with Crippen LogP contribution in [-0.2, 0) is 24.1 Å². The van der Waals surface area contributed by atoms with E-state index < -0.39 is 0 Å². The van der Waals surface area contributed by atoms with Crippen LogP contribution in [0.15, 0.2) is 48.2 Å². The van der Waals surface area contributed by atoms with Gasteiger partial charge in [0.2, 0.25) is 0 Å². The van der Waals surface area contributed by atoms with Gasteiger partial charge < -0.3 is 24.6 Å². The van der Waals surface area contributed by atoms with E-state index in [1.165, 1.54) is 5.56 Å². The van der Waals surface area contributed by atoms with E-state index in [1.807, 2.05) is 24.3 Å². The van der Waals surface area contributed by atoms with Gasteiger partial charge in [-0.25, -0.2) is 4.98 Å². The number of ether oxygens (including phenoxy) is 2. The van der Waals surface area contributed by atoms with Crippen molar-refractivity contribution in [2.24, 2.45) is 0 Å². The van der Waals surface area contributed by atoms with Gasteiger partial charge in [-0.1, -0.05) is 25.1 Å². The van der Waals surface area contributed by atoms with Gasteiger partial charge in [0.05, 0.1) is 36.6 Å². The Labute approximate surface area is 213 Å². The summed E-state index contributed by atoms with van der Waals surface area (Å²) in [5, 5.41) is 18.3. The van der Waals surface area contributed by atoms with Crippen LogP contribution in [0.5, 0.6) is 5.75 Å². The molecule has 0 unspecified atom stereocenters. The molecule has 0 saturated carbocycles. The van der Waals surface area contributed by atoms with E-state index in [4.69, 9.17) is 19.9 Å². The summed E-state index contributed by atoms with van der Waals surface area (Å²) in [5.41, 5.74) is 4.96. The van der Waals surface area contributed by atoms with E-state index in [-0.39, 0.29) is 5.76 Å². The van der Waals surface area contributed by atoms with Crippen LogP contribution in [0.4, 0.5) is 0 Å². The van der Waals surface area contributed by atoms with E-state index in [1.54, 1.807) is 13.8 Å². The highest BCUT2D eigenvalue weighted by Gasteiger charge is 2.17. The number of allylic oxidation sites excluding steroid dienone is 2. The first-order valence-electron chi connectivity index (χ1n) is 12.9. The molecule has 4 rings (SSSR count). The average molecular weight is 491 g/mol. The second-order valence-electron chi connectivity index (χ2n) is 9.41. The smallest absolute Gasteiger partial charge is 0.119 e. The van der Waals surface area contributed by atoms with E-state index in [9.17, 15) is 5.11 Å². The van der Waals surface area contributed by atoms with E-state index in [2.05, 4.69) is 34.6 Å². The fourth-order valence-corrected chi connectivity index (χ4v) is 4.77. The molecular weight excluding hydrogens is 452 g/mol. The van der Waals surface area contributed by atoms with Gasteiger partial charge in [0, 0.05) is 43.9 Å². The summed E-state index contributed by atoms with van der Waals surface area (Å²) >= 11 is 0. The molecule has 2 heterocycles. The zero-order valence-corrected chi connectivity index (χ0v) is 21.7. The van der Waals surface area contributed by atoms with Crippen LogP contribution >= 0.6 is 0 Å². The van der Waals surface area contributed by atoms with Crippen molar-refractivity contribution in [1.82, 2.24) is 14.5 Å². The predicted molar refractivity (Wildman–Crippen MR) is 145 cm³/mol. The molecule has 0 bridgehead atoms. The standard InChI is InChI=1S/C29H38N4O3/c1-4-17-36-25-9-5-23(6-10-25)7-12-28-31-26-20-24(29(21(2)30)22(3)34)8-11-27(26)33(28)14-13-32-15-18-35-19-16-32/h5-6,8-11,20,30,34H,4,7,12-19H2,1-3H3/b29-22+,30-21?. The molecule has 0 radical (unpaired) electrons. The number of hydrogen-bond donors (Lipinski definition) is 2. The number of morpholine rings is 1. The average Bonchev–Trinajstić information content (AvgIpc) is 3.22. The summed E-state index contributed by atoms with van der Waals surface area (Å²) in [5.74, 6) is 2.12. The normalized spacial score (nSPS) is 15.2. The largest absolute Gasteiger partial charge is 0.512 e. The van der Waals surface area contributed by atoms with E-state index in [0.29, 0.717) is 11.3 Å². The molecule has 7 nitrogen and oxygen atoms in total. The van der Waals surface area contributed by atoms with Gasteiger partial charge in [-0.05, 0) is 62.1 Å². The highest BCUT2D eigenvalue weighted by molar-refractivity contribution is 6.22. The first-order valence-corrected chi connectivity index (χ1v) is 12.9. The molecule has 0 aliphatic carbocycles. The first-order chi connectivity index (χ1) is 17.5. The lowest BCUT2D eigenvalue weighted by atomic mass is 10.0. The van der Waals surface area contributed by atoms with Crippen molar-refractivity contribution >= 4 is 22.3 Å². The summed E-state index contributed by atoms with van der Waals surface area (Å²) in [6, 6.07) is 14.4. The Morgan fingerprint density at radius 3 is 2.47 bits per heavy atom. The second-order valence-corrected chi connectivity index (χ2v) is 9.41. The highest BCUT2D eigenvalue weighted by atomic mass is 16.5. The Hall–Kier alpha value is -3.16. The predicted octanol–water partition coefficient (Wildman–Crippen LogP) is 5.27. The number of nitrogens with one attached hydrogen (secondary N) is 1. The van der Waals surface area contributed by atoms with Gasteiger partial charge in [0.25, 0.3) is 0 Å². The zero-order valence-electron chi connectivity index (χ0n) is 21.7. The Morgan fingerprint density at radius 1 is 1.06 bits per heavy atom. The Morgan fingerprint density at radius 2 is 1.81 bits per heavy atom. The van der Waals surface area contributed by atoms with Crippen LogP contribution in [-0.4, -0.2) is 64.7 Å². The molecule has 1 saturated heterocycles. The van der Waals surface area contributed by atoms with Crippen molar-refractivity contribution in [2.45, 2.75) is 46.6 Å². The Balaban J connectivity index is 1.59. The molecule has 2 aromatic carbocycles. The van der Waals surface area contributed by atoms with Gasteiger partial charge >= 0.3 is 0 Å². The Bertz CT molecular complexity index is 1200. The fourth-order valence-electron chi connectivity index (χ4n) is 4.77. The van der Waals surface area contributed by atoms with Gasteiger partial charge in [0.1, 0.15) is 11.6 Å². The fraction of sp³-hybridized carbons (Fsp3) is 0.448. The van der Waals surface area contributed by atoms with E-state index >= 15 is 0 Å². The maximum Gasteiger partial charge on any atom is 0.119 e. The molecule has 0 spiro atoms. The number of benzene rings is 2. The summed E-state index contributed by atoms with van der Waals surface area (Å²) in [6.07, 6.45) is 2.72. The molecule has 7 heteroatoms. The summed E-state index contributed by atoms with van der Waals surface area (Å²) in [7, 11) is 0. The van der Waals surface area contributed by atoms with Crippen LogP contribution < -0.4 is 4.74 Å². The van der Waals surface area contributed by atoms with Crippen LogP contribution in [0, 0.1) is 5.41 Å². The van der Waals surface area contributed by atoms with Crippen molar-refractivity contribution in [3.8, 4) is 5.75 Å². The molecule has 0 amide bonds. The summed E-state index contributed by atoms with van der Waals surface area (Å²) < 4.78 is 13.6. The molecule has 1 fully saturated rings. The van der Waals surface area contributed by atoms with Crippen LogP contribution in [0.3, 0.4) is 0 Å². The number of hydrogen-bond acceptors (Lipinski definition) is 6. The number of aliphatic hydroxyl groups is 1. The maximum atomic E-state index is 10.2. The molecule has 3 aromatic rings. The minimum Gasteiger partial charge on any atom is -0.512 e. The quantitative estimate of drug-likeness (QED) is 0.283. The van der Waals surface area contributed by atoms with Crippen molar-refractivity contribution < 1.29 is 14.6 Å². The topological polar surface area (TPSA) is 83.6 Å². The molecule has 0 atom stereocenters. The van der Waals surface area contributed by atoms with Crippen LogP contribution in [0.2, 0.25) is 0 Å². The number of nitrogens with zero attached hydrogens (tertiary/aromatic N) is 3. The number of aromatic nitrogens is 2. The van der Waals surface area contributed by atoms with Crippen LogP contribution in [0.25, 0.3) is 16.6 Å². The van der Waals surface area contributed by atoms with Crippen molar-refractivity contribution in [1.29, 1.82) is 5.41 Å².